The molecule has 0 saturated heterocycles. The van der Waals surface area contributed by atoms with Gasteiger partial charge in [-0.25, -0.2) is 4.68 Å². The Balaban J connectivity index is 2.19. The summed E-state index contributed by atoms with van der Waals surface area (Å²) in [4.78, 5) is 11.1. The number of ether oxygens (including phenoxy) is 1. The third kappa shape index (κ3) is 2.53. The van der Waals surface area contributed by atoms with Gasteiger partial charge in [-0.05, 0) is 38.1 Å². The van der Waals surface area contributed by atoms with Crippen LogP contribution in [0.25, 0.3) is 0 Å². The molecule has 0 aliphatic carbocycles. The van der Waals surface area contributed by atoms with E-state index in [9.17, 15) is 4.79 Å². The van der Waals surface area contributed by atoms with Gasteiger partial charge in [0, 0.05) is 18.7 Å². The molecule has 2 aromatic rings. The van der Waals surface area contributed by atoms with Crippen LogP contribution in [0.2, 0.25) is 0 Å². The number of hydrogen-bond donors (Lipinski definition) is 0. The molecule has 0 amide bonds. The summed E-state index contributed by atoms with van der Waals surface area (Å²) in [5, 5.41) is 4.19. The molecule has 1 heterocycles. The van der Waals surface area contributed by atoms with E-state index in [0.29, 0.717) is 17.2 Å². The monoisotopic (exact) mass is 230 g/mol. The lowest BCUT2D eigenvalue weighted by atomic mass is 10.1. The second kappa shape index (κ2) is 4.41. The zero-order chi connectivity index (χ0) is 12.4. The molecule has 4 nitrogen and oxygen atoms in total. The number of carbonyl (C=O) groups is 1. The molecule has 0 radical (unpaired) electrons. The molecule has 0 atom stereocenters. The van der Waals surface area contributed by atoms with Crippen LogP contribution in [0.5, 0.6) is 11.6 Å². The molecule has 0 bridgehead atoms. The highest BCUT2D eigenvalue weighted by atomic mass is 16.5. The summed E-state index contributed by atoms with van der Waals surface area (Å²) in [7, 11) is 1.83. The van der Waals surface area contributed by atoms with Crippen molar-refractivity contribution in [3.63, 3.8) is 0 Å². The van der Waals surface area contributed by atoms with E-state index >= 15 is 0 Å². The first-order chi connectivity index (χ1) is 8.06. The number of Topliss-reactive ketones (excluding diaryl/α,β-unsaturated/α-hetero) is 1. The number of carbonyl (C=O) groups excluding carboxylic acids is 1. The van der Waals surface area contributed by atoms with Gasteiger partial charge in [0.05, 0.1) is 5.69 Å². The first kappa shape index (κ1) is 11.4. The van der Waals surface area contributed by atoms with Crippen LogP contribution in [0.1, 0.15) is 23.0 Å². The molecular weight excluding hydrogens is 216 g/mol. The highest BCUT2D eigenvalue weighted by Gasteiger charge is 2.05. The van der Waals surface area contributed by atoms with Crippen molar-refractivity contribution in [2.45, 2.75) is 13.8 Å². The van der Waals surface area contributed by atoms with Crippen LogP contribution in [-0.2, 0) is 7.05 Å². The third-order valence-corrected chi connectivity index (χ3v) is 2.44. The predicted molar refractivity (Wildman–Crippen MR) is 64.5 cm³/mol. The van der Waals surface area contributed by atoms with E-state index < -0.39 is 0 Å². The molecule has 0 saturated carbocycles. The molecule has 0 unspecified atom stereocenters. The molecule has 0 fully saturated rings. The fraction of sp³-hybridized carbons (Fsp3) is 0.231. The molecule has 0 aliphatic heterocycles. The number of aromatic nitrogens is 2. The quantitative estimate of drug-likeness (QED) is 0.761. The maximum Gasteiger partial charge on any atom is 0.217 e. The molecule has 17 heavy (non-hydrogen) atoms. The Morgan fingerprint density at radius 2 is 1.94 bits per heavy atom. The first-order valence-corrected chi connectivity index (χ1v) is 5.36. The molecule has 0 N–H and O–H groups in total. The van der Waals surface area contributed by atoms with Crippen molar-refractivity contribution < 1.29 is 9.53 Å². The number of aryl methyl sites for hydroxylation is 2. The van der Waals surface area contributed by atoms with Gasteiger partial charge in [-0.2, -0.15) is 5.10 Å². The predicted octanol–water partition coefficient (Wildman–Crippen LogP) is 2.72. The van der Waals surface area contributed by atoms with E-state index in [1.165, 1.54) is 0 Å². The lowest BCUT2D eigenvalue weighted by molar-refractivity contribution is 0.101. The maximum absolute atomic E-state index is 11.1. The van der Waals surface area contributed by atoms with Crippen molar-refractivity contribution in [1.82, 2.24) is 9.78 Å². The summed E-state index contributed by atoms with van der Waals surface area (Å²) in [5.74, 6) is 1.42. The van der Waals surface area contributed by atoms with Gasteiger partial charge in [0.25, 0.3) is 0 Å². The zero-order valence-corrected chi connectivity index (χ0v) is 10.1. The van der Waals surface area contributed by atoms with Gasteiger partial charge in [0.15, 0.2) is 5.78 Å². The molecule has 2 rings (SSSR count). The van der Waals surface area contributed by atoms with Gasteiger partial charge in [0.2, 0.25) is 5.88 Å². The largest absolute Gasteiger partial charge is 0.439 e. The van der Waals surface area contributed by atoms with Crippen molar-refractivity contribution in [1.29, 1.82) is 0 Å². The zero-order valence-electron chi connectivity index (χ0n) is 10.1. The van der Waals surface area contributed by atoms with Gasteiger partial charge >= 0.3 is 0 Å². The van der Waals surface area contributed by atoms with Crippen LogP contribution in [-0.4, -0.2) is 15.6 Å². The topological polar surface area (TPSA) is 44.1 Å². The average molecular weight is 230 g/mol. The van der Waals surface area contributed by atoms with Gasteiger partial charge in [-0.15, -0.1) is 0 Å². The first-order valence-electron chi connectivity index (χ1n) is 5.36. The van der Waals surface area contributed by atoms with Crippen molar-refractivity contribution in [2.75, 3.05) is 0 Å². The summed E-state index contributed by atoms with van der Waals surface area (Å²) < 4.78 is 7.33. The number of hydrogen-bond acceptors (Lipinski definition) is 3. The fourth-order valence-electron chi connectivity index (χ4n) is 1.56. The fourth-order valence-corrected chi connectivity index (χ4v) is 1.56. The Kier molecular flexibility index (Phi) is 2.95. The Bertz CT molecular complexity index is 541. The van der Waals surface area contributed by atoms with Crippen LogP contribution in [0.15, 0.2) is 30.3 Å². The van der Waals surface area contributed by atoms with Gasteiger partial charge in [-0.3, -0.25) is 4.79 Å². The lowest BCUT2D eigenvalue weighted by Gasteiger charge is -2.05. The average Bonchev–Trinajstić information content (AvgIpc) is 2.58. The van der Waals surface area contributed by atoms with E-state index in [0.717, 1.165) is 5.69 Å². The SMILES string of the molecule is CC(=O)c1ccc(Oc2cc(C)nn2C)cc1. The molecule has 4 heteroatoms. The molecule has 0 aliphatic rings. The number of nitrogens with zero attached hydrogens (tertiary/aromatic N) is 2. The Labute approximate surface area is 99.8 Å². The van der Waals surface area contributed by atoms with Crippen molar-refractivity contribution in [3.8, 4) is 11.6 Å². The summed E-state index contributed by atoms with van der Waals surface area (Å²) in [6.07, 6.45) is 0. The molecule has 1 aromatic carbocycles. The number of benzene rings is 1. The summed E-state index contributed by atoms with van der Waals surface area (Å²) in [6.45, 7) is 3.45. The Morgan fingerprint density at radius 3 is 2.41 bits per heavy atom. The highest BCUT2D eigenvalue weighted by molar-refractivity contribution is 5.94. The smallest absolute Gasteiger partial charge is 0.217 e. The molecule has 1 aromatic heterocycles. The minimum Gasteiger partial charge on any atom is -0.439 e. The lowest BCUT2D eigenvalue weighted by Crippen LogP contribution is -1.96. The number of rotatable bonds is 3. The molecule has 88 valence electrons. The van der Waals surface area contributed by atoms with Gasteiger partial charge in [-0.1, -0.05) is 0 Å². The van der Waals surface area contributed by atoms with Crippen molar-refractivity contribution >= 4 is 5.78 Å². The van der Waals surface area contributed by atoms with E-state index in [4.69, 9.17) is 4.74 Å². The summed E-state index contributed by atoms with van der Waals surface area (Å²) in [5.41, 5.74) is 1.58. The van der Waals surface area contributed by atoms with Crippen LogP contribution in [0.3, 0.4) is 0 Å². The second-order valence-corrected chi connectivity index (χ2v) is 3.93. The maximum atomic E-state index is 11.1. The van der Waals surface area contributed by atoms with Gasteiger partial charge in [0.1, 0.15) is 5.75 Å². The third-order valence-electron chi connectivity index (χ3n) is 2.44. The van der Waals surface area contributed by atoms with Gasteiger partial charge < -0.3 is 4.74 Å². The van der Waals surface area contributed by atoms with E-state index in [1.54, 1.807) is 35.9 Å². The summed E-state index contributed by atoms with van der Waals surface area (Å²) >= 11 is 0. The highest BCUT2D eigenvalue weighted by Crippen LogP contribution is 2.21. The molecule has 0 spiro atoms. The van der Waals surface area contributed by atoms with Crippen LogP contribution in [0, 0.1) is 6.92 Å². The number of ketones is 1. The van der Waals surface area contributed by atoms with Crippen LogP contribution in [0.4, 0.5) is 0 Å². The Morgan fingerprint density at radius 1 is 1.29 bits per heavy atom. The Hall–Kier alpha value is -2.10. The molecular formula is C13H14N2O2. The van der Waals surface area contributed by atoms with Crippen LogP contribution < -0.4 is 4.74 Å². The van der Waals surface area contributed by atoms with Crippen molar-refractivity contribution in [3.05, 3.63) is 41.6 Å². The normalized spacial score (nSPS) is 10.3. The minimum atomic E-state index is 0.0490. The van der Waals surface area contributed by atoms with E-state index in [1.807, 2.05) is 20.0 Å². The summed E-state index contributed by atoms with van der Waals surface area (Å²) in [6, 6.07) is 8.92. The minimum absolute atomic E-state index is 0.0490. The van der Waals surface area contributed by atoms with E-state index in [2.05, 4.69) is 5.10 Å². The van der Waals surface area contributed by atoms with Crippen molar-refractivity contribution in [2.24, 2.45) is 7.05 Å². The standard InChI is InChI=1S/C13H14N2O2/c1-9-8-13(15(3)14-9)17-12-6-4-11(5-7-12)10(2)16/h4-8H,1-3H3. The van der Waals surface area contributed by atoms with E-state index in [-0.39, 0.29) is 5.78 Å². The van der Waals surface area contributed by atoms with Crippen LogP contribution >= 0.6 is 0 Å². The second-order valence-electron chi connectivity index (χ2n) is 3.93.